The number of aromatic carboxylic acids is 1. The van der Waals surface area contributed by atoms with Crippen LogP contribution >= 0.6 is 0 Å². The average molecular weight is 287 g/mol. The Balaban J connectivity index is 1.94. The molecule has 2 rings (SSSR count). The van der Waals surface area contributed by atoms with E-state index in [1.165, 1.54) is 0 Å². The molecule has 6 heteroatoms. The summed E-state index contributed by atoms with van der Waals surface area (Å²) in [6.07, 6.45) is 0.572. The third kappa shape index (κ3) is 3.47. The van der Waals surface area contributed by atoms with Gasteiger partial charge in [-0.1, -0.05) is 12.1 Å². The van der Waals surface area contributed by atoms with Crippen LogP contribution in [0.25, 0.3) is 0 Å². The topological polar surface area (TPSA) is 95.1 Å². The second-order valence-corrected chi connectivity index (χ2v) is 4.82. The van der Waals surface area contributed by atoms with Gasteiger partial charge in [-0.3, -0.25) is 9.89 Å². The van der Waals surface area contributed by atoms with Crippen LogP contribution in [0.4, 0.5) is 0 Å². The zero-order valence-electron chi connectivity index (χ0n) is 11.9. The molecule has 2 aromatic rings. The SMILES string of the molecule is Cc1n[nH]c(C)c1C(=O)NCCc1cccc(C(=O)O)c1. The summed E-state index contributed by atoms with van der Waals surface area (Å²) < 4.78 is 0. The summed E-state index contributed by atoms with van der Waals surface area (Å²) in [6.45, 7) is 4.01. The fourth-order valence-corrected chi connectivity index (χ4v) is 2.15. The van der Waals surface area contributed by atoms with Crippen molar-refractivity contribution in [2.75, 3.05) is 6.54 Å². The van der Waals surface area contributed by atoms with Crippen LogP contribution in [0.3, 0.4) is 0 Å². The summed E-state index contributed by atoms with van der Waals surface area (Å²) in [5.74, 6) is -1.13. The maximum absolute atomic E-state index is 12.0. The van der Waals surface area contributed by atoms with Crippen molar-refractivity contribution in [3.05, 3.63) is 52.3 Å². The summed E-state index contributed by atoms with van der Waals surface area (Å²) >= 11 is 0. The molecule has 3 N–H and O–H groups in total. The number of aromatic nitrogens is 2. The lowest BCUT2D eigenvalue weighted by Crippen LogP contribution is -2.26. The van der Waals surface area contributed by atoms with Gasteiger partial charge in [-0.25, -0.2) is 4.79 Å². The highest BCUT2D eigenvalue weighted by Gasteiger charge is 2.14. The number of carboxylic acid groups (broad SMARTS) is 1. The lowest BCUT2D eigenvalue weighted by Gasteiger charge is -2.06. The maximum Gasteiger partial charge on any atom is 0.335 e. The summed E-state index contributed by atoms with van der Waals surface area (Å²) in [5.41, 5.74) is 3.08. The molecule has 110 valence electrons. The van der Waals surface area contributed by atoms with Gasteiger partial charge in [-0.15, -0.1) is 0 Å². The van der Waals surface area contributed by atoms with Crippen LogP contribution in [-0.2, 0) is 6.42 Å². The Bertz CT molecular complexity index is 657. The molecule has 1 heterocycles. The summed E-state index contributed by atoms with van der Waals surface area (Å²) in [7, 11) is 0. The van der Waals surface area contributed by atoms with Gasteiger partial charge in [0.25, 0.3) is 5.91 Å². The fraction of sp³-hybridized carbons (Fsp3) is 0.267. The Morgan fingerprint density at radius 3 is 2.71 bits per heavy atom. The molecule has 0 atom stereocenters. The van der Waals surface area contributed by atoms with Crippen molar-refractivity contribution in [1.82, 2.24) is 15.5 Å². The summed E-state index contributed by atoms with van der Waals surface area (Å²) in [5, 5.41) is 18.5. The molecule has 1 aromatic heterocycles. The van der Waals surface area contributed by atoms with Gasteiger partial charge in [0.1, 0.15) is 0 Å². The predicted molar refractivity (Wildman–Crippen MR) is 77.5 cm³/mol. The average Bonchev–Trinajstić information content (AvgIpc) is 2.78. The van der Waals surface area contributed by atoms with E-state index in [0.717, 1.165) is 11.3 Å². The van der Waals surface area contributed by atoms with E-state index >= 15 is 0 Å². The molecular formula is C15H17N3O3. The molecule has 21 heavy (non-hydrogen) atoms. The largest absolute Gasteiger partial charge is 0.478 e. The van der Waals surface area contributed by atoms with Gasteiger partial charge in [0.15, 0.2) is 0 Å². The van der Waals surface area contributed by atoms with E-state index < -0.39 is 5.97 Å². The Morgan fingerprint density at radius 1 is 1.33 bits per heavy atom. The first-order valence-electron chi connectivity index (χ1n) is 6.61. The van der Waals surface area contributed by atoms with Crippen LogP contribution in [0.5, 0.6) is 0 Å². The standard InChI is InChI=1S/C15H17N3O3/c1-9-13(10(2)18-17-9)14(19)16-7-6-11-4-3-5-12(8-11)15(20)21/h3-5,8H,6-7H2,1-2H3,(H,16,19)(H,17,18)(H,20,21). The minimum absolute atomic E-state index is 0.173. The first kappa shape index (κ1) is 14.8. The number of hydrogen-bond donors (Lipinski definition) is 3. The Labute approximate surface area is 122 Å². The molecule has 0 unspecified atom stereocenters. The highest BCUT2D eigenvalue weighted by Crippen LogP contribution is 2.09. The van der Waals surface area contributed by atoms with Gasteiger partial charge in [0.05, 0.1) is 16.8 Å². The number of carboxylic acids is 1. The number of nitrogens with zero attached hydrogens (tertiary/aromatic N) is 1. The summed E-state index contributed by atoms with van der Waals surface area (Å²) in [4.78, 5) is 22.9. The lowest BCUT2D eigenvalue weighted by molar-refractivity contribution is 0.0696. The first-order chi connectivity index (χ1) is 9.99. The predicted octanol–water partition coefficient (Wildman–Crippen LogP) is 1.70. The third-order valence-corrected chi connectivity index (χ3v) is 3.23. The zero-order valence-corrected chi connectivity index (χ0v) is 11.9. The van der Waals surface area contributed by atoms with Gasteiger partial charge in [-0.05, 0) is 38.0 Å². The Kier molecular flexibility index (Phi) is 4.37. The highest BCUT2D eigenvalue weighted by atomic mass is 16.4. The van der Waals surface area contributed by atoms with E-state index in [-0.39, 0.29) is 11.5 Å². The number of rotatable bonds is 5. The maximum atomic E-state index is 12.0. The molecule has 0 aliphatic rings. The van der Waals surface area contributed by atoms with Crippen molar-refractivity contribution in [2.45, 2.75) is 20.3 Å². The number of carbonyl (C=O) groups is 2. The minimum Gasteiger partial charge on any atom is -0.478 e. The van der Waals surface area contributed by atoms with E-state index in [2.05, 4.69) is 15.5 Å². The Morgan fingerprint density at radius 2 is 2.10 bits per heavy atom. The van der Waals surface area contributed by atoms with Crippen molar-refractivity contribution < 1.29 is 14.7 Å². The second-order valence-electron chi connectivity index (χ2n) is 4.82. The molecule has 0 fully saturated rings. The lowest BCUT2D eigenvalue weighted by atomic mass is 10.1. The smallest absolute Gasteiger partial charge is 0.335 e. The van der Waals surface area contributed by atoms with Crippen molar-refractivity contribution in [2.24, 2.45) is 0 Å². The van der Waals surface area contributed by atoms with Crippen molar-refractivity contribution in [3.8, 4) is 0 Å². The van der Waals surface area contributed by atoms with E-state index in [9.17, 15) is 9.59 Å². The number of hydrogen-bond acceptors (Lipinski definition) is 3. The highest BCUT2D eigenvalue weighted by molar-refractivity contribution is 5.96. The van der Waals surface area contributed by atoms with Crippen LogP contribution in [0.15, 0.2) is 24.3 Å². The van der Waals surface area contributed by atoms with E-state index in [1.807, 2.05) is 6.07 Å². The van der Waals surface area contributed by atoms with Crippen molar-refractivity contribution >= 4 is 11.9 Å². The quantitative estimate of drug-likeness (QED) is 0.780. The molecule has 0 aliphatic carbocycles. The number of carbonyl (C=O) groups excluding carboxylic acids is 1. The molecule has 6 nitrogen and oxygen atoms in total. The second kappa shape index (κ2) is 6.21. The molecular weight excluding hydrogens is 270 g/mol. The molecule has 0 saturated carbocycles. The van der Waals surface area contributed by atoms with Crippen LogP contribution < -0.4 is 5.32 Å². The van der Waals surface area contributed by atoms with Gasteiger partial charge in [-0.2, -0.15) is 5.10 Å². The van der Waals surface area contributed by atoms with Gasteiger partial charge in [0.2, 0.25) is 0 Å². The number of H-pyrrole nitrogens is 1. The van der Waals surface area contributed by atoms with Crippen LogP contribution in [0.1, 0.15) is 37.7 Å². The molecule has 0 spiro atoms. The molecule has 1 aromatic carbocycles. The molecule has 0 saturated heterocycles. The molecule has 0 bridgehead atoms. The van der Waals surface area contributed by atoms with Gasteiger partial charge in [0, 0.05) is 12.2 Å². The zero-order chi connectivity index (χ0) is 15.4. The fourth-order valence-electron chi connectivity index (χ4n) is 2.15. The van der Waals surface area contributed by atoms with Crippen LogP contribution in [0, 0.1) is 13.8 Å². The van der Waals surface area contributed by atoms with Crippen molar-refractivity contribution in [1.29, 1.82) is 0 Å². The Hall–Kier alpha value is -2.63. The number of benzene rings is 1. The normalized spacial score (nSPS) is 10.4. The van der Waals surface area contributed by atoms with Crippen LogP contribution in [-0.4, -0.2) is 33.7 Å². The number of amides is 1. The minimum atomic E-state index is -0.953. The van der Waals surface area contributed by atoms with Gasteiger partial charge >= 0.3 is 5.97 Å². The molecule has 0 aliphatic heterocycles. The van der Waals surface area contributed by atoms with E-state index in [4.69, 9.17) is 5.11 Å². The van der Waals surface area contributed by atoms with Crippen LogP contribution in [0.2, 0.25) is 0 Å². The van der Waals surface area contributed by atoms with Crippen molar-refractivity contribution in [3.63, 3.8) is 0 Å². The monoisotopic (exact) mass is 287 g/mol. The number of aryl methyl sites for hydroxylation is 2. The number of aromatic amines is 1. The third-order valence-electron chi connectivity index (χ3n) is 3.23. The molecule has 1 amide bonds. The van der Waals surface area contributed by atoms with E-state index in [1.54, 1.807) is 32.0 Å². The molecule has 0 radical (unpaired) electrons. The first-order valence-corrected chi connectivity index (χ1v) is 6.61. The summed E-state index contributed by atoms with van der Waals surface area (Å²) in [6, 6.07) is 6.70. The van der Waals surface area contributed by atoms with Gasteiger partial charge < -0.3 is 10.4 Å². The number of nitrogens with one attached hydrogen (secondary N) is 2. The van der Waals surface area contributed by atoms with E-state index in [0.29, 0.717) is 24.2 Å².